The molecule has 0 aromatic heterocycles. The van der Waals surface area contributed by atoms with Crippen LogP contribution in [-0.2, 0) is 10.0 Å². The van der Waals surface area contributed by atoms with E-state index in [0.29, 0.717) is 11.4 Å². The van der Waals surface area contributed by atoms with Crippen LogP contribution >= 0.6 is 0 Å². The minimum atomic E-state index is -3.30. The first kappa shape index (κ1) is 11.8. The van der Waals surface area contributed by atoms with Gasteiger partial charge in [-0.1, -0.05) is 6.07 Å². The van der Waals surface area contributed by atoms with Crippen LogP contribution in [0.3, 0.4) is 0 Å². The minimum Gasteiger partial charge on any atom is -0.399 e. The number of rotatable bonds is 3. The normalized spacial score (nSPS) is 11.7. The number of anilines is 2. The van der Waals surface area contributed by atoms with Crippen LogP contribution in [0.15, 0.2) is 18.2 Å². The Morgan fingerprint density at radius 3 is 2.47 bits per heavy atom. The number of nitrogen functional groups attached to an aromatic ring is 1. The van der Waals surface area contributed by atoms with E-state index in [4.69, 9.17) is 5.73 Å². The molecule has 0 spiro atoms. The summed E-state index contributed by atoms with van der Waals surface area (Å²) in [6, 6.07) is 5.14. The van der Waals surface area contributed by atoms with E-state index in [0.717, 1.165) is 5.56 Å². The lowest BCUT2D eigenvalue weighted by Crippen LogP contribution is -2.22. The van der Waals surface area contributed by atoms with Gasteiger partial charge in [-0.2, -0.15) is 0 Å². The van der Waals surface area contributed by atoms with Crippen molar-refractivity contribution in [1.29, 1.82) is 0 Å². The third kappa shape index (κ3) is 2.86. The second-order valence-electron chi connectivity index (χ2n) is 3.77. The topological polar surface area (TPSA) is 72.2 Å². The number of sulfonamides is 1. The zero-order valence-electron chi connectivity index (χ0n) is 9.11. The molecule has 0 radical (unpaired) electrons. The molecule has 4 nitrogen and oxygen atoms in total. The number of benzene rings is 1. The molecule has 0 aliphatic rings. The summed E-state index contributed by atoms with van der Waals surface area (Å²) in [7, 11) is -3.30. The van der Waals surface area contributed by atoms with E-state index in [1.165, 1.54) is 0 Å². The van der Waals surface area contributed by atoms with E-state index in [9.17, 15) is 8.42 Å². The van der Waals surface area contributed by atoms with Crippen molar-refractivity contribution in [3.05, 3.63) is 23.8 Å². The van der Waals surface area contributed by atoms with Gasteiger partial charge in [0.1, 0.15) is 0 Å². The maximum absolute atomic E-state index is 11.6. The van der Waals surface area contributed by atoms with E-state index in [2.05, 4.69) is 4.72 Å². The molecule has 0 aliphatic heterocycles. The number of nitrogens with two attached hydrogens (primary N) is 1. The lowest BCUT2D eigenvalue weighted by atomic mass is 10.2. The van der Waals surface area contributed by atoms with E-state index in [1.807, 2.05) is 6.92 Å². The summed E-state index contributed by atoms with van der Waals surface area (Å²) in [5, 5.41) is -0.460. The van der Waals surface area contributed by atoms with Crippen molar-refractivity contribution < 1.29 is 8.42 Å². The molecular formula is C10H16N2O2S. The number of aryl methyl sites for hydroxylation is 1. The van der Waals surface area contributed by atoms with Gasteiger partial charge in [-0.3, -0.25) is 4.72 Å². The average Bonchev–Trinajstić information content (AvgIpc) is 2.10. The number of hydrogen-bond acceptors (Lipinski definition) is 3. The number of hydrogen-bond donors (Lipinski definition) is 2. The van der Waals surface area contributed by atoms with Crippen LogP contribution in [0.1, 0.15) is 19.4 Å². The minimum absolute atomic E-state index is 0.460. The highest BCUT2D eigenvalue weighted by molar-refractivity contribution is 7.93. The summed E-state index contributed by atoms with van der Waals surface area (Å²) in [5.74, 6) is 0. The second kappa shape index (κ2) is 4.10. The molecule has 0 amide bonds. The first-order chi connectivity index (χ1) is 6.83. The summed E-state index contributed by atoms with van der Waals surface area (Å²) in [6.45, 7) is 5.09. The van der Waals surface area contributed by atoms with Gasteiger partial charge < -0.3 is 5.73 Å². The largest absolute Gasteiger partial charge is 0.399 e. The fraction of sp³-hybridized carbons (Fsp3) is 0.400. The van der Waals surface area contributed by atoms with Gasteiger partial charge in [0.15, 0.2) is 0 Å². The maximum atomic E-state index is 11.6. The smallest absolute Gasteiger partial charge is 0.235 e. The molecule has 0 bridgehead atoms. The lowest BCUT2D eigenvalue weighted by molar-refractivity contribution is 0.592. The third-order valence-corrected chi connectivity index (χ3v) is 3.88. The highest BCUT2D eigenvalue weighted by Gasteiger charge is 2.16. The van der Waals surface area contributed by atoms with Crippen molar-refractivity contribution in [2.24, 2.45) is 0 Å². The van der Waals surface area contributed by atoms with E-state index < -0.39 is 15.3 Å². The molecular weight excluding hydrogens is 212 g/mol. The predicted octanol–water partition coefficient (Wildman–Crippen LogP) is 1.73. The highest BCUT2D eigenvalue weighted by Crippen LogP contribution is 2.20. The summed E-state index contributed by atoms with van der Waals surface area (Å²) >= 11 is 0. The zero-order valence-corrected chi connectivity index (χ0v) is 9.93. The van der Waals surface area contributed by atoms with Gasteiger partial charge >= 0.3 is 0 Å². The molecule has 84 valence electrons. The van der Waals surface area contributed by atoms with Crippen LogP contribution in [0.2, 0.25) is 0 Å². The molecule has 0 atom stereocenters. The first-order valence-electron chi connectivity index (χ1n) is 4.70. The van der Waals surface area contributed by atoms with Gasteiger partial charge in [0.25, 0.3) is 0 Å². The van der Waals surface area contributed by atoms with E-state index in [-0.39, 0.29) is 0 Å². The Balaban J connectivity index is 3.05. The first-order valence-corrected chi connectivity index (χ1v) is 6.25. The molecule has 15 heavy (non-hydrogen) atoms. The van der Waals surface area contributed by atoms with Crippen LogP contribution in [0, 0.1) is 6.92 Å². The zero-order chi connectivity index (χ0) is 11.6. The fourth-order valence-electron chi connectivity index (χ4n) is 1.02. The van der Waals surface area contributed by atoms with Crippen molar-refractivity contribution in [3.8, 4) is 0 Å². The molecule has 5 heteroatoms. The lowest BCUT2D eigenvalue weighted by Gasteiger charge is -2.13. The van der Waals surface area contributed by atoms with Gasteiger partial charge in [-0.15, -0.1) is 0 Å². The quantitative estimate of drug-likeness (QED) is 0.774. The van der Waals surface area contributed by atoms with Crippen molar-refractivity contribution in [3.63, 3.8) is 0 Å². The highest BCUT2D eigenvalue weighted by atomic mass is 32.2. The Hall–Kier alpha value is -1.23. The van der Waals surface area contributed by atoms with Gasteiger partial charge in [0.05, 0.1) is 10.9 Å². The van der Waals surface area contributed by atoms with Crippen molar-refractivity contribution in [2.75, 3.05) is 10.5 Å². The molecule has 0 aliphatic carbocycles. The second-order valence-corrected chi connectivity index (χ2v) is 6.01. The molecule has 1 aromatic rings. The molecule has 3 N–H and O–H groups in total. The van der Waals surface area contributed by atoms with Gasteiger partial charge in [0.2, 0.25) is 10.0 Å². The molecule has 1 aromatic carbocycles. The van der Waals surface area contributed by atoms with Gasteiger partial charge in [-0.25, -0.2) is 8.42 Å². The maximum Gasteiger partial charge on any atom is 0.235 e. The third-order valence-electron chi connectivity index (χ3n) is 2.13. The SMILES string of the molecule is Cc1ccc(N)cc1NS(=O)(=O)C(C)C. The Morgan fingerprint density at radius 2 is 1.93 bits per heavy atom. The Kier molecular flexibility index (Phi) is 3.24. The standard InChI is InChI=1S/C10H16N2O2S/c1-7(2)15(13,14)12-10-6-9(11)5-4-8(10)3/h4-7,12H,11H2,1-3H3. The van der Waals surface area contributed by atoms with Gasteiger partial charge in [-0.05, 0) is 38.5 Å². The Labute approximate surface area is 90.5 Å². The van der Waals surface area contributed by atoms with Gasteiger partial charge in [0, 0.05) is 5.69 Å². The molecule has 0 saturated heterocycles. The monoisotopic (exact) mass is 228 g/mol. The van der Waals surface area contributed by atoms with Crippen molar-refractivity contribution >= 4 is 21.4 Å². The average molecular weight is 228 g/mol. The van der Waals surface area contributed by atoms with Crippen LogP contribution in [-0.4, -0.2) is 13.7 Å². The molecule has 0 unspecified atom stereocenters. The predicted molar refractivity (Wildman–Crippen MR) is 63.3 cm³/mol. The fourth-order valence-corrected chi connectivity index (χ4v) is 1.78. The molecule has 0 heterocycles. The Morgan fingerprint density at radius 1 is 1.33 bits per heavy atom. The molecule has 1 rings (SSSR count). The summed E-state index contributed by atoms with van der Waals surface area (Å²) in [5.41, 5.74) is 7.53. The van der Waals surface area contributed by atoms with Crippen molar-refractivity contribution in [2.45, 2.75) is 26.0 Å². The molecule has 0 fully saturated rings. The van der Waals surface area contributed by atoms with Crippen LogP contribution in [0.4, 0.5) is 11.4 Å². The van der Waals surface area contributed by atoms with Crippen LogP contribution in [0.25, 0.3) is 0 Å². The summed E-state index contributed by atoms with van der Waals surface area (Å²) in [6.07, 6.45) is 0. The number of nitrogens with one attached hydrogen (secondary N) is 1. The van der Waals surface area contributed by atoms with Crippen molar-refractivity contribution in [1.82, 2.24) is 0 Å². The van der Waals surface area contributed by atoms with Crippen LogP contribution < -0.4 is 10.5 Å². The van der Waals surface area contributed by atoms with E-state index in [1.54, 1.807) is 32.0 Å². The van der Waals surface area contributed by atoms with E-state index >= 15 is 0 Å². The molecule has 0 saturated carbocycles. The van der Waals surface area contributed by atoms with Crippen LogP contribution in [0.5, 0.6) is 0 Å². The summed E-state index contributed by atoms with van der Waals surface area (Å²) < 4.78 is 25.7. The Bertz CT molecular complexity index is 452. The summed E-state index contributed by atoms with van der Waals surface area (Å²) in [4.78, 5) is 0.